The van der Waals surface area contributed by atoms with Gasteiger partial charge < -0.3 is 14.7 Å². The third-order valence-corrected chi connectivity index (χ3v) is 7.79. The number of carbonyl (C=O) groups excluding carboxylic acids is 2. The number of nitrogens with zero attached hydrogens (tertiary/aromatic N) is 4. The average Bonchev–Trinajstić information content (AvgIpc) is 2.88. The largest absolute Gasteiger partial charge is 0.367 e. The van der Waals surface area contributed by atoms with Crippen LogP contribution in [0, 0.1) is 18.8 Å². The van der Waals surface area contributed by atoms with Crippen LogP contribution in [0.1, 0.15) is 50.6 Å². The molecule has 176 valence electrons. The van der Waals surface area contributed by atoms with Crippen LogP contribution in [-0.2, 0) is 9.59 Å². The van der Waals surface area contributed by atoms with E-state index in [-0.39, 0.29) is 17.7 Å². The minimum absolute atomic E-state index is 0.0400. The second kappa shape index (κ2) is 9.70. The first-order valence-electron chi connectivity index (χ1n) is 12.8. The van der Waals surface area contributed by atoms with Gasteiger partial charge in [0.1, 0.15) is 0 Å². The number of pyridine rings is 1. The zero-order valence-electron chi connectivity index (χ0n) is 19.8. The highest BCUT2D eigenvalue weighted by Gasteiger charge is 2.35. The van der Waals surface area contributed by atoms with E-state index >= 15 is 0 Å². The molecular formula is C27H36N4O2. The third-order valence-electron chi connectivity index (χ3n) is 7.79. The van der Waals surface area contributed by atoms with E-state index in [1.165, 1.54) is 30.3 Å². The van der Waals surface area contributed by atoms with E-state index in [1.807, 2.05) is 22.8 Å². The molecule has 0 N–H and O–H groups in total. The number of carbonyl (C=O) groups is 2. The predicted octanol–water partition coefficient (Wildman–Crippen LogP) is 4.01. The van der Waals surface area contributed by atoms with Gasteiger partial charge in [-0.2, -0.15) is 0 Å². The third kappa shape index (κ3) is 4.71. The lowest BCUT2D eigenvalue weighted by molar-refractivity contribution is -0.143. The van der Waals surface area contributed by atoms with Crippen molar-refractivity contribution in [2.45, 2.75) is 51.9 Å². The van der Waals surface area contributed by atoms with Gasteiger partial charge in [-0.1, -0.05) is 37.5 Å². The Morgan fingerprint density at radius 3 is 2.30 bits per heavy atom. The highest BCUT2D eigenvalue weighted by Crippen LogP contribution is 2.30. The Labute approximate surface area is 196 Å². The minimum Gasteiger partial charge on any atom is -0.367 e. The van der Waals surface area contributed by atoms with Gasteiger partial charge in [-0.05, 0) is 44.7 Å². The maximum absolute atomic E-state index is 13.4. The highest BCUT2D eigenvalue weighted by molar-refractivity contribution is 5.92. The van der Waals surface area contributed by atoms with E-state index in [4.69, 9.17) is 0 Å². The predicted molar refractivity (Wildman–Crippen MR) is 131 cm³/mol. The number of hydrogen-bond acceptors (Lipinski definition) is 4. The summed E-state index contributed by atoms with van der Waals surface area (Å²) in [5.41, 5.74) is 3.26. The Kier molecular flexibility index (Phi) is 6.52. The maximum Gasteiger partial charge on any atom is 0.227 e. The van der Waals surface area contributed by atoms with Gasteiger partial charge in [0, 0.05) is 62.0 Å². The van der Waals surface area contributed by atoms with Crippen molar-refractivity contribution in [3.63, 3.8) is 0 Å². The molecule has 1 atom stereocenters. The van der Waals surface area contributed by atoms with E-state index in [0.717, 1.165) is 69.6 Å². The number of amides is 2. The smallest absolute Gasteiger partial charge is 0.227 e. The number of piperidine rings is 1. The van der Waals surface area contributed by atoms with Crippen molar-refractivity contribution in [1.29, 1.82) is 0 Å². The fourth-order valence-corrected chi connectivity index (χ4v) is 5.96. The van der Waals surface area contributed by atoms with Gasteiger partial charge in [0.25, 0.3) is 0 Å². The summed E-state index contributed by atoms with van der Waals surface area (Å²) in [5, 5.41) is 1.17. The number of likely N-dealkylation sites (tertiary alicyclic amines) is 1. The molecular weight excluding hydrogens is 412 g/mol. The molecule has 33 heavy (non-hydrogen) atoms. The lowest BCUT2D eigenvalue weighted by atomic mass is 9.87. The standard InChI is InChI=1S/C27H36N4O2/c1-20-18-25(23-11-5-6-12-24(23)28-20)29-14-16-30(17-15-29)27(33)22-10-7-13-31(19-22)26(32)21-8-3-2-4-9-21/h5-6,11-12,18,21-22H,2-4,7-10,13-17,19H2,1H3. The van der Waals surface area contributed by atoms with Crippen molar-refractivity contribution >= 4 is 28.4 Å². The Balaban J connectivity index is 1.21. The van der Waals surface area contributed by atoms with E-state index in [0.29, 0.717) is 12.5 Å². The molecule has 1 saturated carbocycles. The lowest BCUT2D eigenvalue weighted by Gasteiger charge is -2.40. The normalized spacial score (nSPS) is 22.6. The van der Waals surface area contributed by atoms with Gasteiger partial charge in [-0.25, -0.2) is 0 Å². The number of rotatable bonds is 3. The molecule has 2 amide bonds. The van der Waals surface area contributed by atoms with Crippen LogP contribution in [0.2, 0.25) is 0 Å². The zero-order chi connectivity index (χ0) is 22.8. The number of anilines is 1. The number of piperazine rings is 1. The number of benzene rings is 1. The Morgan fingerprint density at radius 1 is 0.818 bits per heavy atom. The number of hydrogen-bond donors (Lipinski definition) is 0. The van der Waals surface area contributed by atoms with Crippen molar-refractivity contribution in [2.75, 3.05) is 44.2 Å². The van der Waals surface area contributed by atoms with Gasteiger partial charge in [0.2, 0.25) is 11.8 Å². The molecule has 0 bridgehead atoms. The number of para-hydroxylation sites is 1. The molecule has 1 unspecified atom stereocenters. The van der Waals surface area contributed by atoms with Crippen LogP contribution in [0.5, 0.6) is 0 Å². The molecule has 1 aromatic carbocycles. The van der Waals surface area contributed by atoms with Crippen molar-refractivity contribution in [2.24, 2.45) is 11.8 Å². The maximum atomic E-state index is 13.4. The monoisotopic (exact) mass is 448 g/mol. The average molecular weight is 449 g/mol. The van der Waals surface area contributed by atoms with Crippen LogP contribution < -0.4 is 4.90 Å². The van der Waals surface area contributed by atoms with Gasteiger partial charge in [-0.3, -0.25) is 14.6 Å². The molecule has 0 spiro atoms. The summed E-state index contributed by atoms with van der Waals surface area (Å²) < 4.78 is 0. The van der Waals surface area contributed by atoms with Crippen LogP contribution in [0.15, 0.2) is 30.3 Å². The van der Waals surface area contributed by atoms with Crippen LogP contribution in [-0.4, -0.2) is 65.9 Å². The number of fused-ring (bicyclic) bond motifs is 1. The molecule has 6 heteroatoms. The minimum atomic E-state index is -0.0400. The Morgan fingerprint density at radius 2 is 1.52 bits per heavy atom. The molecule has 2 saturated heterocycles. The van der Waals surface area contributed by atoms with Crippen molar-refractivity contribution in [3.05, 3.63) is 36.0 Å². The summed E-state index contributed by atoms with van der Waals surface area (Å²) in [6, 6.07) is 10.5. The molecule has 5 rings (SSSR count). The number of aromatic nitrogens is 1. The van der Waals surface area contributed by atoms with Crippen molar-refractivity contribution < 1.29 is 9.59 Å². The topological polar surface area (TPSA) is 56.8 Å². The Hall–Kier alpha value is -2.63. The Bertz CT molecular complexity index is 1010. The lowest BCUT2D eigenvalue weighted by Crippen LogP contribution is -2.53. The summed E-state index contributed by atoms with van der Waals surface area (Å²) in [4.78, 5) is 37.5. The van der Waals surface area contributed by atoms with Crippen molar-refractivity contribution in [1.82, 2.24) is 14.8 Å². The van der Waals surface area contributed by atoms with Gasteiger partial charge in [-0.15, -0.1) is 0 Å². The first kappa shape index (κ1) is 22.2. The molecule has 2 aromatic rings. The van der Waals surface area contributed by atoms with Crippen LogP contribution in [0.25, 0.3) is 10.9 Å². The zero-order valence-corrected chi connectivity index (χ0v) is 19.8. The van der Waals surface area contributed by atoms with Crippen molar-refractivity contribution in [3.8, 4) is 0 Å². The molecule has 6 nitrogen and oxygen atoms in total. The molecule has 1 aliphatic carbocycles. The van der Waals surface area contributed by atoms with Gasteiger partial charge in [0.15, 0.2) is 0 Å². The fraction of sp³-hybridized carbons (Fsp3) is 0.593. The van der Waals surface area contributed by atoms with E-state index in [2.05, 4.69) is 34.1 Å². The highest BCUT2D eigenvalue weighted by atomic mass is 16.2. The van der Waals surface area contributed by atoms with Crippen LogP contribution in [0.3, 0.4) is 0 Å². The second-order valence-electron chi connectivity index (χ2n) is 10.1. The van der Waals surface area contributed by atoms with E-state index in [9.17, 15) is 9.59 Å². The number of aryl methyl sites for hydroxylation is 1. The molecule has 3 fully saturated rings. The van der Waals surface area contributed by atoms with E-state index in [1.54, 1.807) is 0 Å². The van der Waals surface area contributed by atoms with E-state index < -0.39 is 0 Å². The quantitative estimate of drug-likeness (QED) is 0.712. The first-order valence-corrected chi connectivity index (χ1v) is 12.8. The summed E-state index contributed by atoms with van der Waals surface area (Å²) in [5.74, 6) is 0.695. The first-order chi connectivity index (χ1) is 16.1. The molecule has 1 aromatic heterocycles. The SMILES string of the molecule is Cc1cc(N2CCN(C(=O)C3CCCN(C(=O)C4CCCCC4)C3)CC2)c2ccccc2n1. The molecule has 2 aliphatic heterocycles. The summed E-state index contributed by atoms with van der Waals surface area (Å²) in [6.45, 7) is 6.61. The van der Waals surface area contributed by atoms with Crippen LogP contribution >= 0.6 is 0 Å². The van der Waals surface area contributed by atoms with Gasteiger partial charge in [0.05, 0.1) is 11.4 Å². The molecule has 3 heterocycles. The summed E-state index contributed by atoms with van der Waals surface area (Å²) in [6.07, 6.45) is 7.50. The molecule has 0 radical (unpaired) electrons. The second-order valence-corrected chi connectivity index (χ2v) is 10.1. The fourth-order valence-electron chi connectivity index (χ4n) is 5.96. The van der Waals surface area contributed by atoms with Gasteiger partial charge >= 0.3 is 0 Å². The van der Waals surface area contributed by atoms with Crippen LogP contribution in [0.4, 0.5) is 5.69 Å². The summed E-state index contributed by atoms with van der Waals surface area (Å²) >= 11 is 0. The molecule has 3 aliphatic rings. The summed E-state index contributed by atoms with van der Waals surface area (Å²) in [7, 11) is 0.